The van der Waals surface area contributed by atoms with Crippen molar-refractivity contribution in [1.29, 1.82) is 0 Å². The van der Waals surface area contributed by atoms with Crippen LogP contribution < -0.4 is 10.2 Å². The fourth-order valence-corrected chi connectivity index (χ4v) is 6.77. The van der Waals surface area contributed by atoms with E-state index in [1.54, 1.807) is 12.3 Å². The van der Waals surface area contributed by atoms with Crippen LogP contribution in [0.2, 0.25) is 0 Å². The predicted molar refractivity (Wildman–Crippen MR) is 150 cm³/mol. The number of rotatable bonds is 8. The smallest absolute Gasteiger partial charge is 0.256 e. The molecule has 2 aliphatic heterocycles. The maximum absolute atomic E-state index is 12.5. The monoisotopic (exact) mass is 564 g/mol. The number of anilines is 3. The molecule has 0 aromatic carbocycles. The summed E-state index contributed by atoms with van der Waals surface area (Å²) in [4.78, 5) is 18.4. The molecule has 4 aromatic heterocycles. The second kappa shape index (κ2) is 9.78. The third kappa shape index (κ3) is 4.59. The molecule has 1 N–H and O–H groups in total. The van der Waals surface area contributed by atoms with Crippen molar-refractivity contribution in [2.75, 3.05) is 49.6 Å². The van der Waals surface area contributed by atoms with Crippen LogP contribution in [0.1, 0.15) is 32.7 Å². The maximum Gasteiger partial charge on any atom is 0.256 e. The van der Waals surface area contributed by atoms with Gasteiger partial charge in [-0.05, 0) is 32.8 Å². The minimum atomic E-state index is -3.45. The molecular formula is C26H32N10O3S. The van der Waals surface area contributed by atoms with Crippen LogP contribution in [0.25, 0.3) is 22.3 Å². The number of nitrogens with one attached hydrogen (secondary N) is 1. The second-order valence-corrected chi connectivity index (χ2v) is 13.0. The molecule has 0 radical (unpaired) electrons. The Hall–Kier alpha value is -3.62. The van der Waals surface area contributed by atoms with E-state index in [0.29, 0.717) is 41.9 Å². The Kier molecular flexibility index (Phi) is 6.20. The molecule has 210 valence electrons. The van der Waals surface area contributed by atoms with Gasteiger partial charge in [-0.1, -0.05) is 0 Å². The van der Waals surface area contributed by atoms with E-state index in [-0.39, 0.29) is 11.3 Å². The van der Waals surface area contributed by atoms with Gasteiger partial charge in [0.1, 0.15) is 11.6 Å². The molecule has 3 aliphatic rings. The average molecular weight is 565 g/mol. The third-order valence-electron chi connectivity index (χ3n) is 7.72. The van der Waals surface area contributed by atoms with Gasteiger partial charge in [0, 0.05) is 56.7 Å². The summed E-state index contributed by atoms with van der Waals surface area (Å²) in [6.45, 7) is 9.74. The van der Waals surface area contributed by atoms with Crippen LogP contribution in [-0.2, 0) is 14.8 Å². The summed E-state index contributed by atoms with van der Waals surface area (Å²) in [5.41, 5.74) is 1.53. The summed E-state index contributed by atoms with van der Waals surface area (Å²) in [6, 6.07) is 4.45. The number of pyridine rings is 1. The molecule has 3 fully saturated rings. The van der Waals surface area contributed by atoms with Gasteiger partial charge in [-0.2, -0.15) is 14.3 Å². The first-order valence-corrected chi connectivity index (χ1v) is 15.2. The van der Waals surface area contributed by atoms with Gasteiger partial charge in [0.15, 0.2) is 11.6 Å². The number of fused-ring (bicyclic) bond motifs is 1. The minimum absolute atomic E-state index is 0.178. The van der Waals surface area contributed by atoms with Crippen molar-refractivity contribution in [2.24, 2.45) is 0 Å². The predicted octanol–water partition coefficient (Wildman–Crippen LogP) is 2.27. The van der Waals surface area contributed by atoms with E-state index >= 15 is 0 Å². The number of nitrogens with zero attached hydrogens (tertiary/aromatic N) is 9. The summed E-state index contributed by atoms with van der Waals surface area (Å²) >= 11 is 0. The molecule has 40 heavy (non-hydrogen) atoms. The molecular weight excluding hydrogens is 532 g/mol. The zero-order valence-electron chi connectivity index (χ0n) is 22.5. The van der Waals surface area contributed by atoms with Crippen molar-refractivity contribution >= 4 is 38.4 Å². The Morgan fingerprint density at radius 2 is 1.88 bits per heavy atom. The van der Waals surface area contributed by atoms with E-state index in [2.05, 4.69) is 49.0 Å². The minimum Gasteiger partial charge on any atom is -0.379 e. The summed E-state index contributed by atoms with van der Waals surface area (Å²) in [5, 5.41) is 13.0. The summed E-state index contributed by atoms with van der Waals surface area (Å²) in [7, 11) is -3.45. The van der Waals surface area contributed by atoms with E-state index in [0.717, 1.165) is 60.2 Å². The Balaban J connectivity index is 1.11. The van der Waals surface area contributed by atoms with Crippen molar-refractivity contribution in [1.82, 2.24) is 38.8 Å². The Morgan fingerprint density at radius 1 is 1.07 bits per heavy atom. The molecule has 0 spiro atoms. The molecule has 2 saturated heterocycles. The molecule has 1 aliphatic carbocycles. The number of hydrogen-bond acceptors (Lipinski definition) is 11. The highest BCUT2D eigenvalue weighted by Gasteiger charge is 2.38. The average Bonchev–Trinajstić information content (AvgIpc) is 3.56. The van der Waals surface area contributed by atoms with Gasteiger partial charge in [0.2, 0.25) is 0 Å². The second-order valence-electron chi connectivity index (χ2n) is 10.9. The number of morpholine rings is 1. The van der Waals surface area contributed by atoms with Gasteiger partial charge in [-0.3, -0.25) is 9.58 Å². The van der Waals surface area contributed by atoms with Crippen LogP contribution in [-0.4, -0.2) is 97.9 Å². The van der Waals surface area contributed by atoms with Crippen molar-refractivity contribution < 1.29 is 13.2 Å². The first kappa shape index (κ1) is 25.4. The maximum atomic E-state index is 12.5. The van der Waals surface area contributed by atoms with Crippen molar-refractivity contribution in [3.63, 3.8) is 0 Å². The third-order valence-corrected chi connectivity index (χ3v) is 9.76. The standard InChI is InChI=1S/C26H32N10O3S/c1-17(2)36-22-11-24(28-13-21(22)26(32-36)34-15-19(16-34)33-7-9-39-10-8-33)30-23-5-6-27-25(31-23)18-12-29-35(14-18)40(37,38)20-3-4-20/h5-6,11-14,17,19-20H,3-4,7-10,15-16H2,1-2H3,(H,27,28,30,31). The highest BCUT2D eigenvalue weighted by molar-refractivity contribution is 7.90. The molecule has 7 rings (SSSR count). The van der Waals surface area contributed by atoms with Crippen LogP contribution in [0.15, 0.2) is 36.9 Å². The molecule has 1 saturated carbocycles. The molecule has 6 heterocycles. The SMILES string of the molecule is CC(C)n1nc(N2CC(N3CCOCC3)C2)c2cnc(Nc3ccnc(-c4cnn(S(=O)(=O)C5CC5)c4)n3)cc21. The topological polar surface area (TPSA) is 136 Å². The summed E-state index contributed by atoms with van der Waals surface area (Å²) in [6.07, 6.45) is 7.80. The van der Waals surface area contributed by atoms with Gasteiger partial charge >= 0.3 is 0 Å². The number of aromatic nitrogens is 7. The van der Waals surface area contributed by atoms with E-state index in [4.69, 9.17) is 9.84 Å². The van der Waals surface area contributed by atoms with Gasteiger partial charge in [0.05, 0.1) is 47.3 Å². The van der Waals surface area contributed by atoms with E-state index < -0.39 is 10.0 Å². The molecule has 0 unspecified atom stereocenters. The largest absolute Gasteiger partial charge is 0.379 e. The van der Waals surface area contributed by atoms with Gasteiger partial charge in [-0.15, -0.1) is 0 Å². The summed E-state index contributed by atoms with van der Waals surface area (Å²) < 4.78 is 33.6. The highest BCUT2D eigenvalue weighted by atomic mass is 32.2. The first-order valence-electron chi connectivity index (χ1n) is 13.7. The molecule has 0 amide bonds. The molecule has 0 atom stereocenters. The zero-order valence-corrected chi connectivity index (χ0v) is 23.3. The lowest BCUT2D eigenvalue weighted by atomic mass is 10.1. The van der Waals surface area contributed by atoms with E-state index in [9.17, 15) is 8.42 Å². The fourth-order valence-electron chi connectivity index (χ4n) is 5.29. The first-order chi connectivity index (χ1) is 19.4. The van der Waals surface area contributed by atoms with Gasteiger partial charge in [0.25, 0.3) is 10.0 Å². The van der Waals surface area contributed by atoms with Crippen LogP contribution in [0.4, 0.5) is 17.5 Å². The normalized spacial score (nSPS) is 18.9. The van der Waals surface area contributed by atoms with E-state index in [1.807, 2.05) is 16.9 Å². The van der Waals surface area contributed by atoms with Crippen LogP contribution in [0, 0.1) is 0 Å². The Morgan fingerprint density at radius 3 is 2.62 bits per heavy atom. The van der Waals surface area contributed by atoms with Crippen molar-refractivity contribution in [3.05, 3.63) is 36.9 Å². The highest BCUT2D eigenvalue weighted by Crippen LogP contribution is 2.34. The van der Waals surface area contributed by atoms with E-state index in [1.165, 1.54) is 12.4 Å². The van der Waals surface area contributed by atoms with Crippen LogP contribution in [0.5, 0.6) is 0 Å². The van der Waals surface area contributed by atoms with Gasteiger partial charge in [-0.25, -0.2) is 23.4 Å². The van der Waals surface area contributed by atoms with Crippen molar-refractivity contribution in [2.45, 2.75) is 44.0 Å². The lowest BCUT2D eigenvalue weighted by Gasteiger charge is -2.46. The summed E-state index contributed by atoms with van der Waals surface area (Å²) in [5.74, 6) is 2.52. The van der Waals surface area contributed by atoms with Crippen LogP contribution in [0.3, 0.4) is 0 Å². The number of ether oxygens (including phenoxy) is 1. The Labute approximate surface area is 232 Å². The molecule has 14 heteroatoms. The van der Waals surface area contributed by atoms with Gasteiger partial charge < -0.3 is 15.0 Å². The Bertz CT molecular complexity index is 1650. The molecule has 0 bridgehead atoms. The quantitative estimate of drug-likeness (QED) is 0.337. The lowest BCUT2D eigenvalue weighted by molar-refractivity contribution is 0.0104. The molecule has 13 nitrogen and oxygen atoms in total. The van der Waals surface area contributed by atoms with Crippen LogP contribution >= 0.6 is 0 Å². The lowest BCUT2D eigenvalue weighted by Crippen LogP contribution is -2.61. The number of hydrogen-bond donors (Lipinski definition) is 1. The zero-order chi connectivity index (χ0) is 27.4. The van der Waals surface area contributed by atoms with Crippen molar-refractivity contribution in [3.8, 4) is 11.4 Å². The molecule has 4 aromatic rings. The fraction of sp³-hybridized carbons (Fsp3) is 0.500.